The molecule has 0 aliphatic heterocycles. The maximum absolute atomic E-state index is 10.6. The Morgan fingerprint density at radius 3 is 2.61 bits per heavy atom. The first-order valence-corrected chi connectivity index (χ1v) is 5.84. The molecule has 18 heavy (non-hydrogen) atoms. The van der Waals surface area contributed by atoms with Crippen LogP contribution in [0.2, 0.25) is 5.02 Å². The molecule has 3 nitrogen and oxygen atoms in total. The molecule has 0 N–H and O–H groups in total. The molecule has 0 aliphatic rings. The number of aryl methyl sites for hydroxylation is 2. The number of nitrogens with zero attached hydrogens (tertiary/aromatic N) is 1. The summed E-state index contributed by atoms with van der Waals surface area (Å²) in [5.74, 6) is 1.07. The Morgan fingerprint density at radius 1 is 1.22 bits per heavy atom. The smallest absolute Gasteiger partial charge is 0.219 e. The molecule has 92 valence electrons. The van der Waals surface area contributed by atoms with Crippen molar-refractivity contribution in [3.8, 4) is 11.6 Å². The minimum absolute atomic E-state index is 0.367. The first-order chi connectivity index (χ1) is 8.58. The predicted molar refractivity (Wildman–Crippen MR) is 70.6 cm³/mol. The molecule has 0 unspecified atom stereocenters. The first-order valence-electron chi connectivity index (χ1n) is 5.46. The van der Waals surface area contributed by atoms with Gasteiger partial charge in [-0.3, -0.25) is 4.79 Å². The zero-order valence-corrected chi connectivity index (χ0v) is 10.9. The minimum Gasteiger partial charge on any atom is -0.439 e. The normalized spacial score (nSPS) is 10.2. The summed E-state index contributed by atoms with van der Waals surface area (Å²) in [6.45, 7) is 3.88. The maximum Gasteiger partial charge on any atom is 0.219 e. The summed E-state index contributed by atoms with van der Waals surface area (Å²) in [6, 6.07) is 8.72. The molecular formula is C14H12ClNO2. The first kappa shape index (κ1) is 12.6. The number of carbonyl (C=O) groups excluding carboxylic acids is 1. The van der Waals surface area contributed by atoms with E-state index in [1.807, 2.05) is 26.0 Å². The Labute approximate surface area is 110 Å². The number of benzene rings is 1. The summed E-state index contributed by atoms with van der Waals surface area (Å²) in [4.78, 5) is 14.9. The van der Waals surface area contributed by atoms with E-state index >= 15 is 0 Å². The molecule has 1 aromatic heterocycles. The van der Waals surface area contributed by atoms with Crippen LogP contribution in [0, 0.1) is 13.8 Å². The summed E-state index contributed by atoms with van der Waals surface area (Å²) in [5, 5.41) is 0.367. The van der Waals surface area contributed by atoms with Gasteiger partial charge in [0.15, 0.2) is 6.29 Å². The van der Waals surface area contributed by atoms with Crippen LogP contribution >= 0.6 is 11.6 Å². The zero-order chi connectivity index (χ0) is 13.1. The van der Waals surface area contributed by atoms with E-state index in [2.05, 4.69) is 4.98 Å². The number of carbonyl (C=O) groups is 1. The third-order valence-electron chi connectivity index (χ3n) is 2.40. The quantitative estimate of drug-likeness (QED) is 0.785. The summed E-state index contributed by atoms with van der Waals surface area (Å²) in [5.41, 5.74) is 2.41. The summed E-state index contributed by atoms with van der Waals surface area (Å²) < 4.78 is 5.61. The van der Waals surface area contributed by atoms with Gasteiger partial charge < -0.3 is 4.74 Å². The van der Waals surface area contributed by atoms with Gasteiger partial charge in [0.25, 0.3) is 0 Å². The van der Waals surface area contributed by atoms with Crippen molar-refractivity contribution in [3.63, 3.8) is 0 Å². The van der Waals surface area contributed by atoms with Crippen molar-refractivity contribution in [2.75, 3.05) is 0 Å². The lowest BCUT2D eigenvalue weighted by molar-refractivity contribution is 0.112. The fourth-order valence-corrected chi connectivity index (χ4v) is 1.86. The number of aldehydes is 1. The average Bonchev–Trinajstić information content (AvgIpc) is 2.27. The Hall–Kier alpha value is -1.87. The number of hydrogen-bond acceptors (Lipinski definition) is 3. The van der Waals surface area contributed by atoms with E-state index in [4.69, 9.17) is 16.3 Å². The Kier molecular flexibility index (Phi) is 3.63. The lowest BCUT2D eigenvalue weighted by Crippen LogP contribution is -1.92. The Balaban J connectivity index is 2.28. The van der Waals surface area contributed by atoms with Gasteiger partial charge in [-0.15, -0.1) is 0 Å². The number of aromatic nitrogens is 1. The molecule has 1 aromatic carbocycles. The monoisotopic (exact) mass is 261 g/mol. The lowest BCUT2D eigenvalue weighted by Gasteiger charge is -2.07. The topological polar surface area (TPSA) is 39.2 Å². The molecule has 0 saturated carbocycles. The van der Waals surface area contributed by atoms with E-state index in [9.17, 15) is 4.79 Å². The third kappa shape index (κ3) is 2.87. The van der Waals surface area contributed by atoms with Crippen molar-refractivity contribution in [2.24, 2.45) is 0 Å². The highest BCUT2D eigenvalue weighted by atomic mass is 35.5. The standard InChI is InChI=1S/C14H12ClNO2/c1-9-5-10(2)16-14(6-9)18-12-4-3-11(8-17)13(15)7-12/h3-8H,1-2H3. The fourth-order valence-electron chi connectivity index (χ4n) is 1.64. The van der Waals surface area contributed by atoms with E-state index < -0.39 is 0 Å². The van der Waals surface area contributed by atoms with Crippen LogP contribution in [0.25, 0.3) is 0 Å². The maximum atomic E-state index is 10.6. The van der Waals surface area contributed by atoms with E-state index in [1.165, 1.54) is 0 Å². The summed E-state index contributed by atoms with van der Waals surface area (Å²) in [6.07, 6.45) is 0.710. The van der Waals surface area contributed by atoms with Crippen LogP contribution in [0.15, 0.2) is 30.3 Å². The number of pyridine rings is 1. The van der Waals surface area contributed by atoms with Gasteiger partial charge in [0, 0.05) is 23.4 Å². The van der Waals surface area contributed by atoms with Gasteiger partial charge in [0.2, 0.25) is 5.88 Å². The third-order valence-corrected chi connectivity index (χ3v) is 2.72. The van der Waals surface area contributed by atoms with Gasteiger partial charge in [-0.25, -0.2) is 4.98 Å². The molecule has 2 rings (SSSR count). The molecule has 4 heteroatoms. The molecule has 2 aromatic rings. The second-order valence-electron chi connectivity index (χ2n) is 4.03. The molecule has 0 fully saturated rings. The Bertz CT molecular complexity index is 576. The van der Waals surface area contributed by atoms with E-state index in [0.29, 0.717) is 28.5 Å². The summed E-state index contributed by atoms with van der Waals surface area (Å²) >= 11 is 5.93. The van der Waals surface area contributed by atoms with Crippen molar-refractivity contribution in [2.45, 2.75) is 13.8 Å². The molecule has 1 heterocycles. The molecule has 0 spiro atoms. The number of rotatable bonds is 3. The molecular weight excluding hydrogens is 250 g/mol. The second kappa shape index (κ2) is 5.19. The van der Waals surface area contributed by atoms with Crippen LogP contribution in [0.4, 0.5) is 0 Å². The molecule has 0 radical (unpaired) electrons. The number of hydrogen-bond donors (Lipinski definition) is 0. The summed E-state index contributed by atoms with van der Waals surface area (Å²) in [7, 11) is 0. The SMILES string of the molecule is Cc1cc(C)nc(Oc2ccc(C=O)c(Cl)c2)c1. The van der Waals surface area contributed by atoms with Crippen molar-refractivity contribution in [3.05, 3.63) is 52.2 Å². The van der Waals surface area contributed by atoms with E-state index in [-0.39, 0.29) is 0 Å². The highest BCUT2D eigenvalue weighted by Crippen LogP contribution is 2.25. The van der Waals surface area contributed by atoms with Gasteiger partial charge in [-0.05, 0) is 37.6 Å². The van der Waals surface area contributed by atoms with Crippen LogP contribution in [0.5, 0.6) is 11.6 Å². The molecule has 0 amide bonds. The molecule has 0 saturated heterocycles. The lowest BCUT2D eigenvalue weighted by atomic mass is 10.2. The van der Waals surface area contributed by atoms with Crippen molar-refractivity contribution < 1.29 is 9.53 Å². The molecule has 0 bridgehead atoms. The minimum atomic E-state index is 0.367. The van der Waals surface area contributed by atoms with Crippen molar-refractivity contribution in [1.82, 2.24) is 4.98 Å². The predicted octanol–water partition coefficient (Wildman–Crippen LogP) is 3.96. The average molecular weight is 262 g/mol. The van der Waals surface area contributed by atoms with Crippen LogP contribution in [-0.4, -0.2) is 11.3 Å². The van der Waals surface area contributed by atoms with Gasteiger partial charge >= 0.3 is 0 Å². The van der Waals surface area contributed by atoms with Gasteiger partial charge in [-0.2, -0.15) is 0 Å². The van der Waals surface area contributed by atoms with Gasteiger partial charge in [0.1, 0.15) is 5.75 Å². The molecule has 0 aliphatic carbocycles. The van der Waals surface area contributed by atoms with Crippen LogP contribution in [0.3, 0.4) is 0 Å². The zero-order valence-electron chi connectivity index (χ0n) is 10.1. The van der Waals surface area contributed by atoms with Gasteiger partial charge in [-0.1, -0.05) is 11.6 Å². The number of halogens is 1. The van der Waals surface area contributed by atoms with E-state index in [1.54, 1.807) is 18.2 Å². The largest absolute Gasteiger partial charge is 0.439 e. The highest BCUT2D eigenvalue weighted by molar-refractivity contribution is 6.33. The Morgan fingerprint density at radius 2 is 2.00 bits per heavy atom. The second-order valence-corrected chi connectivity index (χ2v) is 4.43. The van der Waals surface area contributed by atoms with Crippen molar-refractivity contribution in [1.29, 1.82) is 0 Å². The fraction of sp³-hybridized carbons (Fsp3) is 0.143. The van der Waals surface area contributed by atoms with Crippen molar-refractivity contribution >= 4 is 17.9 Å². The molecule has 0 atom stereocenters. The highest BCUT2D eigenvalue weighted by Gasteiger charge is 2.04. The number of ether oxygens (including phenoxy) is 1. The van der Waals surface area contributed by atoms with E-state index in [0.717, 1.165) is 11.3 Å². The van der Waals surface area contributed by atoms with Crippen LogP contribution < -0.4 is 4.74 Å². The van der Waals surface area contributed by atoms with Gasteiger partial charge in [0.05, 0.1) is 5.02 Å². The van der Waals surface area contributed by atoms with Crippen LogP contribution in [0.1, 0.15) is 21.6 Å². The van der Waals surface area contributed by atoms with Crippen LogP contribution in [-0.2, 0) is 0 Å².